The van der Waals surface area contributed by atoms with Crippen molar-refractivity contribution < 1.29 is 0 Å². The van der Waals surface area contributed by atoms with E-state index in [0.717, 1.165) is 5.92 Å². The molecule has 11 heavy (non-hydrogen) atoms. The van der Waals surface area contributed by atoms with Gasteiger partial charge in [-0.15, -0.1) is 11.8 Å². The molecular formula is C8H14N2S. The Labute approximate surface area is 71.6 Å². The average molecular weight is 170 g/mol. The molecule has 2 nitrogen and oxygen atoms in total. The molecule has 3 heteroatoms. The van der Waals surface area contributed by atoms with E-state index in [1.54, 1.807) is 0 Å². The largest absolute Gasteiger partial charge is 0.307 e. The molecule has 0 bridgehead atoms. The highest BCUT2D eigenvalue weighted by atomic mass is 32.2. The molecule has 1 saturated heterocycles. The van der Waals surface area contributed by atoms with Crippen LogP contribution in [0, 0.1) is 5.92 Å². The summed E-state index contributed by atoms with van der Waals surface area (Å²) in [6, 6.07) is 0.556. The van der Waals surface area contributed by atoms with Gasteiger partial charge in [-0.1, -0.05) is 12.2 Å². The van der Waals surface area contributed by atoms with Crippen LogP contribution < -0.4 is 11.1 Å². The molecule has 1 fully saturated rings. The highest BCUT2D eigenvalue weighted by Gasteiger charge is 2.27. The van der Waals surface area contributed by atoms with Crippen molar-refractivity contribution in [3.63, 3.8) is 0 Å². The van der Waals surface area contributed by atoms with Crippen LogP contribution in [0.2, 0.25) is 0 Å². The second-order valence-electron chi connectivity index (χ2n) is 3.21. The average Bonchev–Trinajstić information content (AvgIpc) is 2.04. The number of hydrogen-bond donors (Lipinski definition) is 2. The molecule has 0 aromatic carbocycles. The lowest BCUT2D eigenvalue weighted by molar-refractivity contribution is 0.383. The standard InChI is InChI=1S/C8H14N2S/c9-8-10-7-4-2-1-3-6(7)5-11-8/h2,4,6-8,10H,1,3,5,9H2. The number of fused-ring (bicyclic) bond motifs is 1. The van der Waals surface area contributed by atoms with Crippen molar-refractivity contribution >= 4 is 11.8 Å². The number of nitrogens with one attached hydrogen (secondary N) is 1. The maximum Gasteiger partial charge on any atom is 0.103 e. The zero-order chi connectivity index (χ0) is 7.68. The predicted molar refractivity (Wildman–Crippen MR) is 49.2 cm³/mol. The summed E-state index contributed by atoms with van der Waals surface area (Å²) in [5.74, 6) is 2.05. The van der Waals surface area contributed by atoms with Gasteiger partial charge in [-0.2, -0.15) is 0 Å². The molecule has 2 rings (SSSR count). The van der Waals surface area contributed by atoms with Crippen LogP contribution in [0.1, 0.15) is 12.8 Å². The number of hydrogen-bond acceptors (Lipinski definition) is 3. The maximum atomic E-state index is 5.76. The summed E-state index contributed by atoms with van der Waals surface area (Å²) in [6.45, 7) is 0. The Bertz CT molecular complexity index is 169. The van der Waals surface area contributed by atoms with Gasteiger partial charge in [-0.3, -0.25) is 5.32 Å². The summed E-state index contributed by atoms with van der Waals surface area (Å²) in [5, 5.41) is 3.37. The van der Waals surface area contributed by atoms with Crippen molar-refractivity contribution in [1.82, 2.24) is 5.32 Å². The normalized spacial score (nSPS) is 43.5. The molecule has 2 aliphatic rings. The van der Waals surface area contributed by atoms with Gasteiger partial charge in [0, 0.05) is 11.8 Å². The molecule has 0 aromatic heterocycles. The fraction of sp³-hybridized carbons (Fsp3) is 0.750. The molecule has 0 saturated carbocycles. The number of nitrogens with two attached hydrogens (primary N) is 1. The smallest absolute Gasteiger partial charge is 0.103 e. The molecule has 0 amide bonds. The Balaban J connectivity index is 2.03. The third kappa shape index (κ3) is 1.60. The van der Waals surface area contributed by atoms with Crippen LogP contribution in [0.15, 0.2) is 12.2 Å². The van der Waals surface area contributed by atoms with E-state index in [9.17, 15) is 0 Å². The zero-order valence-corrected chi connectivity index (χ0v) is 7.31. The number of rotatable bonds is 0. The highest BCUT2D eigenvalue weighted by Crippen LogP contribution is 2.28. The van der Waals surface area contributed by atoms with E-state index in [1.807, 2.05) is 11.8 Å². The highest BCUT2D eigenvalue weighted by molar-refractivity contribution is 7.99. The van der Waals surface area contributed by atoms with E-state index in [2.05, 4.69) is 17.5 Å². The van der Waals surface area contributed by atoms with E-state index >= 15 is 0 Å². The maximum absolute atomic E-state index is 5.76. The topological polar surface area (TPSA) is 38.0 Å². The molecule has 1 heterocycles. The summed E-state index contributed by atoms with van der Waals surface area (Å²) in [5.41, 5.74) is 5.91. The third-order valence-electron chi connectivity index (χ3n) is 2.40. The Morgan fingerprint density at radius 2 is 2.45 bits per heavy atom. The minimum absolute atomic E-state index is 0.152. The van der Waals surface area contributed by atoms with Gasteiger partial charge < -0.3 is 5.73 Å². The quantitative estimate of drug-likeness (QED) is 0.530. The Hall–Kier alpha value is 0.01000. The molecule has 0 spiro atoms. The van der Waals surface area contributed by atoms with Crippen LogP contribution in [0.4, 0.5) is 0 Å². The summed E-state index contributed by atoms with van der Waals surface area (Å²) in [4.78, 5) is 0. The fourth-order valence-electron chi connectivity index (χ4n) is 1.73. The van der Waals surface area contributed by atoms with Gasteiger partial charge in [0.05, 0.1) is 0 Å². The van der Waals surface area contributed by atoms with Crippen molar-refractivity contribution in [2.45, 2.75) is 24.4 Å². The fourth-order valence-corrected chi connectivity index (χ4v) is 2.82. The SMILES string of the molecule is NC1NC2C=CCCC2CS1. The first-order chi connectivity index (χ1) is 5.36. The number of thioether (sulfide) groups is 1. The van der Waals surface area contributed by atoms with Crippen molar-refractivity contribution in [1.29, 1.82) is 0 Å². The monoisotopic (exact) mass is 170 g/mol. The van der Waals surface area contributed by atoms with E-state index < -0.39 is 0 Å². The van der Waals surface area contributed by atoms with Crippen LogP contribution in [0.25, 0.3) is 0 Å². The van der Waals surface area contributed by atoms with Gasteiger partial charge in [-0.25, -0.2) is 0 Å². The van der Waals surface area contributed by atoms with Crippen LogP contribution in [0.3, 0.4) is 0 Å². The first-order valence-electron chi connectivity index (χ1n) is 4.16. The molecule has 3 unspecified atom stereocenters. The Kier molecular flexibility index (Phi) is 2.20. The van der Waals surface area contributed by atoms with Gasteiger partial charge in [0.15, 0.2) is 0 Å². The lowest BCUT2D eigenvalue weighted by atomic mass is 9.91. The molecule has 1 aliphatic heterocycles. The third-order valence-corrected chi connectivity index (χ3v) is 3.52. The van der Waals surface area contributed by atoms with E-state index in [-0.39, 0.29) is 5.50 Å². The summed E-state index contributed by atoms with van der Waals surface area (Å²) >= 11 is 1.84. The van der Waals surface area contributed by atoms with Crippen LogP contribution >= 0.6 is 11.8 Å². The molecule has 3 N–H and O–H groups in total. The minimum atomic E-state index is 0.152. The molecule has 0 aromatic rings. The van der Waals surface area contributed by atoms with Crippen molar-refractivity contribution in [2.75, 3.05) is 5.75 Å². The van der Waals surface area contributed by atoms with E-state index in [4.69, 9.17) is 5.73 Å². The van der Waals surface area contributed by atoms with Gasteiger partial charge in [0.1, 0.15) is 5.50 Å². The zero-order valence-electron chi connectivity index (χ0n) is 6.49. The molecule has 0 radical (unpaired) electrons. The minimum Gasteiger partial charge on any atom is -0.307 e. The van der Waals surface area contributed by atoms with Crippen LogP contribution in [-0.4, -0.2) is 17.3 Å². The van der Waals surface area contributed by atoms with Gasteiger partial charge >= 0.3 is 0 Å². The van der Waals surface area contributed by atoms with Crippen molar-refractivity contribution in [3.05, 3.63) is 12.2 Å². The van der Waals surface area contributed by atoms with Crippen molar-refractivity contribution in [3.8, 4) is 0 Å². The van der Waals surface area contributed by atoms with E-state index in [1.165, 1.54) is 18.6 Å². The summed E-state index contributed by atoms with van der Waals surface area (Å²) in [6.07, 6.45) is 7.11. The summed E-state index contributed by atoms with van der Waals surface area (Å²) in [7, 11) is 0. The first kappa shape index (κ1) is 7.65. The first-order valence-corrected chi connectivity index (χ1v) is 5.21. The summed E-state index contributed by atoms with van der Waals surface area (Å²) < 4.78 is 0. The second-order valence-corrected chi connectivity index (χ2v) is 4.39. The second kappa shape index (κ2) is 3.17. The molecule has 3 atom stereocenters. The lowest BCUT2D eigenvalue weighted by Crippen LogP contribution is -2.50. The Morgan fingerprint density at radius 1 is 1.55 bits per heavy atom. The predicted octanol–water partition coefficient (Wildman–Crippen LogP) is 0.900. The van der Waals surface area contributed by atoms with Crippen molar-refractivity contribution in [2.24, 2.45) is 11.7 Å². The van der Waals surface area contributed by atoms with Gasteiger partial charge in [0.2, 0.25) is 0 Å². The van der Waals surface area contributed by atoms with Crippen LogP contribution in [0.5, 0.6) is 0 Å². The molecule has 1 aliphatic carbocycles. The molecular weight excluding hydrogens is 156 g/mol. The molecule has 62 valence electrons. The Morgan fingerprint density at radius 3 is 3.36 bits per heavy atom. The van der Waals surface area contributed by atoms with Gasteiger partial charge in [0.25, 0.3) is 0 Å². The number of allylic oxidation sites excluding steroid dienone is 1. The van der Waals surface area contributed by atoms with Gasteiger partial charge in [-0.05, 0) is 18.8 Å². The lowest BCUT2D eigenvalue weighted by Gasteiger charge is -2.35. The van der Waals surface area contributed by atoms with E-state index in [0.29, 0.717) is 6.04 Å². The van der Waals surface area contributed by atoms with Crippen LogP contribution in [-0.2, 0) is 0 Å².